The molecule has 1 aliphatic carbocycles. The largest absolute Gasteiger partial charge is 0.370 e. The summed E-state index contributed by atoms with van der Waals surface area (Å²) in [6.45, 7) is 5.57. The summed E-state index contributed by atoms with van der Waals surface area (Å²) < 4.78 is 0. The highest BCUT2D eigenvalue weighted by atomic mass is 15.2. The predicted molar refractivity (Wildman–Crippen MR) is 81.8 cm³/mol. The van der Waals surface area contributed by atoms with E-state index in [1.807, 2.05) is 19.2 Å². The maximum atomic E-state index is 4.40. The van der Waals surface area contributed by atoms with Crippen molar-refractivity contribution in [2.24, 2.45) is 5.92 Å². The van der Waals surface area contributed by atoms with E-state index in [0.29, 0.717) is 0 Å². The monoisotopic (exact) mass is 274 g/mol. The first-order chi connectivity index (χ1) is 9.81. The molecule has 20 heavy (non-hydrogen) atoms. The summed E-state index contributed by atoms with van der Waals surface area (Å²) in [4.78, 5) is 11.3. The lowest BCUT2D eigenvalue weighted by atomic mass is 9.95. The van der Waals surface area contributed by atoms with Gasteiger partial charge in [-0.2, -0.15) is 0 Å². The van der Waals surface area contributed by atoms with E-state index in [2.05, 4.69) is 20.2 Å². The number of hydrogen-bond donors (Lipinski definition) is 1. The topological polar surface area (TPSA) is 41.1 Å². The molecule has 0 spiro atoms. The van der Waals surface area contributed by atoms with Crippen LogP contribution < -0.4 is 5.32 Å². The van der Waals surface area contributed by atoms with Gasteiger partial charge in [-0.05, 0) is 57.7 Å². The fourth-order valence-electron chi connectivity index (χ4n) is 3.60. The highest BCUT2D eigenvalue weighted by Crippen LogP contribution is 2.27. The minimum absolute atomic E-state index is 0.794. The van der Waals surface area contributed by atoms with Crippen LogP contribution in [0.5, 0.6) is 0 Å². The van der Waals surface area contributed by atoms with Gasteiger partial charge in [-0.15, -0.1) is 0 Å². The highest BCUT2D eigenvalue weighted by Gasteiger charge is 2.26. The molecule has 2 aliphatic rings. The number of anilines is 1. The Morgan fingerprint density at radius 3 is 2.65 bits per heavy atom. The average molecular weight is 274 g/mol. The molecule has 0 unspecified atom stereocenters. The second-order valence-electron chi connectivity index (χ2n) is 6.29. The van der Waals surface area contributed by atoms with Gasteiger partial charge in [0.15, 0.2) is 0 Å². The molecule has 4 nitrogen and oxygen atoms in total. The first-order valence-electron chi connectivity index (χ1n) is 8.09. The zero-order chi connectivity index (χ0) is 13.8. The third-order valence-corrected chi connectivity index (χ3v) is 4.84. The highest BCUT2D eigenvalue weighted by molar-refractivity contribution is 5.32. The molecule has 0 amide bonds. The third-order valence-electron chi connectivity index (χ3n) is 4.84. The predicted octanol–water partition coefficient (Wildman–Crippen LogP) is 2.85. The summed E-state index contributed by atoms with van der Waals surface area (Å²) in [7, 11) is 0. The van der Waals surface area contributed by atoms with Gasteiger partial charge in [0.2, 0.25) is 0 Å². The normalized spacial score (nSPS) is 22.2. The van der Waals surface area contributed by atoms with Crippen LogP contribution in [0.4, 0.5) is 5.82 Å². The van der Waals surface area contributed by atoms with Crippen molar-refractivity contribution in [3.63, 3.8) is 0 Å². The zero-order valence-corrected chi connectivity index (χ0v) is 12.5. The molecular weight excluding hydrogens is 248 g/mol. The number of piperidine rings is 1. The minimum atomic E-state index is 0.794. The number of nitrogens with zero attached hydrogens (tertiary/aromatic N) is 3. The molecule has 1 aromatic heterocycles. The molecule has 1 aliphatic heterocycles. The Morgan fingerprint density at radius 2 is 1.95 bits per heavy atom. The summed E-state index contributed by atoms with van der Waals surface area (Å²) in [6, 6.07) is 2.86. The summed E-state index contributed by atoms with van der Waals surface area (Å²) >= 11 is 0. The van der Waals surface area contributed by atoms with Gasteiger partial charge >= 0.3 is 0 Å². The molecule has 2 heterocycles. The second kappa shape index (κ2) is 6.53. The molecule has 1 N–H and O–H groups in total. The van der Waals surface area contributed by atoms with Crippen molar-refractivity contribution >= 4 is 5.82 Å². The first-order valence-corrected chi connectivity index (χ1v) is 8.09. The molecule has 0 bridgehead atoms. The van der Waals surface area contributed by atoms with Crippen molar-refractivity contribution in [1.29, 1.82) is 0 Å². The maximum absolute atomic E-state index is 4.40. The number of rotatable bonds is 4. The van der Waals surface area contributed by atoms with Gasteiger partial charge in [-0.25, -0.2) is 9.97 Å². The van der Waals surface area contributed by atoms with E-state index < -0.39 is 0 Å². The molecule has 0 aromatic carbocycles. The van der Waals surface area contributed by atoms with Crippen LogP contribution >= 0.6 is 0 Å². The number of nitrogens with one attached hydrogen (secondary N) is 1. The molecule has 1 saturated carbocycles. The van der Waals surface area contributed by atoms with E-state index in [1.54, 1.807) is 0 Å². The number of likely N-dealkylation sites (tertiary alicyclic amines) is 1. The number of aromatic nitrogens is 2. The lowest BCUT2D eigenvalue weighted by molar-refractivity contribution is 0.138. The van der Waals surface area contributed by atoms with Gasteiger partial charge in [0.1, 0.15) is 11.6 Å². The molecule has 0 atom stereocenters. The lowest BCUT2D eigenvalue weighted by Gasteiger charge is -2.36. The molecule has 2 fully saturated rings. The fraction of sp³-hybridized carbons (Fsp3) is 0.750. The molecule has 110 valence electrons. The second-order valence-corrected chi connectivity index (χ2v) is 6.29. The van der Waals surface area contributed by atoms with E-state index in [4.69, 9.17) is 0 Å². The van der Waals surface area contributed by atoms with Gasteiger partial charge in [0, 0.05) is 18.8 Å². The Bertz CT molecular complexity index is 420. The summed E-state index contributed by atoms with van der Waals surface area (Å²) in [5.41, 5.74) is 0. The van der Waals surface area contributed by atoms with Crippen LogP contribution in [0.15, 0.2) is 12.3 Å². The lowest BCUT2D eigenvalue weighted by Crippen LogP contribution is -2.41. The molecular formula is C16H26N4. The maximum Gasteiger partial charge on any atom is 0.129 e. The van der Waals surface area contributed by atoms with Crippen molar-refractivity contribution in [2.45, 2.75) is 51.5 Å². The average Bonchev–Trinajstić information content (AvgIpc) is 3.00. The standard InChI is InChI=1S/C16H26N4/c1-13-17-9-6-16(19-13)18-12-14-7-10-20(11-8-14)15-4-2-3-5-15/h6,9,14-15H,2-5,7-8,10-12H2,1H3,(H,17,18,19). The minimum Gasteiger partial charge on any atom is -0.370 e. The van der Waals surface area contributed by atoms with Crippen molar-refractivity contribution in [2.75, 3.05) is 25.0 Å². The van der Waals surface area contributed by atoms with Crippen molar-refractivity contribution in [3.05, 3.63) is 18.1 Å². The Kier molecular flexibility index (Phi) is 4.51. The van der Waals surface area contributed by atoms with Gasteiger partial charge in [0.25, 0.3) is 0 Å². The van der Waals surface area contributed by atoms with Gasteiger partial charge in [0.05, 0.1) is 0 Å². The summed E-state index contributed by atoms with van der Waals surface area (Å²) in [5, 5.41) is 3.47. The van der Waals surface area contributed by atoms with Gasteiger partial charge < -0.3 is 10.2 Å². The van der Waals surface area contributed by atoms with E-state index in [9.17, 15) is 0 Å². The van der Waals surface area contributed by atoms with Crippen LogP contribution in [-0.2, 0) is 0 Å². The Labute approximate surface area is 122 Å². The van der Waals surface area contributed by atoms with Crippen molar-refractivity contribution in [1.82, 2.24) is 14.9 Å². The van der Waals surface area contributed by atoms with Crippen molar-refractivity contribution in [3.8, 4) is 0 Å². The van der Waals surface area contributed by atoms with Crippen LogP contribution in [0.1, 0.15) is 44.3 Å². The fourth-order valence-corrected chi connectivity index (χ4v) is 3.60. The number of hydrogen-bond acceptors (Lipinski definition) is 4. The van der Waals surface area contributed by atoms with E-state index in [0.717, 1.165) is 30.1 Å². The van der Waals surface area contributed by atoms with E-state index in [-0.39, 0.29) is 0 Å². The molecule has 3 rings (SSSR count). The molecule has 0 radical (unpaired) electrons. The molecule has 1 saturated heterocycles. The Balaban J connectivity index is 1.42. The van der Waals surface area contributed by atoms with Crippen molar-refractivity contribution < 1.29 is 0 Å². The van der Waals surface area contributed by atoms with Gasteiger partial charge in [-0.1, -0.05) is 12.8 Å². The summed E-state index contributed by atoms with van der Waals surface area (Å²) in [6.07, 6.45) is 10.2. The van der Waals surface area contributed by atoms with E-state index in [1.165, 1.54) is 51.6 Å². The smallest absolute Gasteiger partial charge is 0.129 e. The first kappa shape index (κ1) is 13.8. The molecule has 4 heteroatoms. The van der Waals surface area contributed by atoms with Gasteiger partial charge in [-0.3, -0.25) is 0 Å². The van der Waals surface area contributed by atoms with Crippen LogP contribution in [0.3, 0.4) is 0 Å². The van der Waals surface area contributed by atoms with Crippen LogP contribution in [0, 0.1) is 12.8 Å². The Hall–Kier alpha value is -1.16. The Morgan fingerprint density at radius 1 is 1.20 bits per heavy atom. The molecule has 1 aromatic rings. The van der Waals surface area contributed by atoms with Crippen LogP contribution in [-0.4, -0.2) is 40.5 Å². The third kappa shape index (κ3) is 3.48. The quantitative estimate of drug-likeness (QED) is 0.916. The SMILES string of the molecule is Cc1nccc(NCC2CCN(C3CCCC3)CC2)n1. The zero-order valence-electron chi connectivity index (χ0n) is 12.5. The summed E-state index contributed by atoms with van der Waals surface area (Å²) in [5.74, 6) is 2.60. The van der Waals surface area contributed by atoms with Crippen LogP contribution in [0.2, 0.25) is 0 Å². The van der Waals surface area contributed by atoms with Crippen LogP contribution in [0.25, 0.3) is 0 Å². The van der Waals surface area contributed by atoms with E-state index >= 15 is 0 Å². The number of aryl methyl sites for hydroxylation is 1.